The molecule has 8 heteroatoms. The number of carbonyl (C=O) groups is 3. The molecule has 1 heterocycles. The molecule has 1 atom stereocenters. The summed E-state index contributed by atoms with van der Waals surface area (Å²) in [5.74, 6) is -0.435. The minimum absolute atomic E-state index is 0.0121. The van der Waals surface area contributed by atoms with Gasteiger partial charge in [-0.15, -0.1) is 0 Å². The van der Waals surface area contributed by atoms with E-state index in [9.17, 15) is 19.5 Å². The Morgan fingerprint density at radius 1 is 1.00 bits per heavy atom. The quantitative estimate of drug-likeness (QED) is 0.710. The number of ketones is 1. The van der Waals surface area contributed by atoms with Crippen molar-refractivity contribution in [2.45, 2.75) is 31.6 Å². The van der Waals surface area contributed by atoms with E-state index in [4.69, 9.17) is 14.2 Å². The Hall–Kier alpha value is -3.81. The topological polar surface area (TPSA) is 102 Å². The molecule has 1 aliphatic heterocycles. The van der Waals surface area contributed by atoms with Crippen LogP contribution in [0.2, 0.25) is 0 Å². The summed E-state index contributed by atoms with van der Waals surface area (Å²) in [7, 11) is 4.54. The largest absolute Gasteiger partial charge is 0.493 e. The number of allylic oxidation sites excluding steroid dienone is 2. The minimum atomic E-state index is -1.08. The summed E-state index contributed by atoms with van der Waals surface area (Å²) >= 11 is 0. The highest BCUT2D eigenvalue weighted by molar-refractivity contribution is 6.08. The lowest BCUT2D eigenvalue weighted by Crippen LogP contribution is -2.40. The maximum atomic E-state index is 13.4. The summed E-state index contributed by atoms with van der Waals surface area (Å²) in [5.41, 5.74) is 2.46. The van der Waals surface area contributed by atoms with Crippen LogP contribution in [0.3, 0.4) is 0 Å². The van der Waals surface area contributed by atoms with Crippen molar-refractivity contribution in [3.8, 4) is 17.2 Å². The predicted molar refractivity (Wildman–Crippen MR) is 120 cm³/mol. The lowest BCUT2D eigenvalue weighted by molar-refractivity contribution is -0.119. The monoisotopic (exact) mass is 451 g/mol. The first-order valence-electron chi connectivity index (χ1n) is 10.6. The number of methoxy groups -OCH3 is 3. The standard InChI is InChI=1S/C25H25NO7/c1-31-20-11-15(12-21(32-2)24(20)33-3)17-13-22(28)26(18-8-5-9-19(27)23(17)18)16-7-4-6-14(10-16)25(29)30/h4,6-7,10-12,17H,5,8-9,13H2,1-3H3,(H,29,30). The number of rotatable bonds is 6. The van der Waals surface area contributed by atoms with E-state index in [1.165, 1.54) is 38.4 Å². The lowest BCUT2D eigenvalue weighted by atomic mass is 9.77. The number of carbonyl (C=O) groups excluding carboxylic acids is 2. The SMILES string of the molecule is COc1cc(C2CC(=O)N(c3cccc(C(=O)O)c3)C3=C2C(=O)CCC3)cc(OC)c1OC. The van der Waals surface area contributed by atoms with E-state index in [1.54, 1.807) is 24.3 Å². The van der Waals surface area contributed by atoms with Gasteiger partial charge in [0.1, 0.15) is 0 Å². The van der Waals surface area contributed by atoms with Crippen LogP contribution in [0.5, 0.6) is 17.2 Å². The van der Waals surface area contributed by atoms with Gasteiger partial charge in [-0.25, -0.2) is 4.79 Å². The normalized spacial score (nSPS) is 18.2. The molecular weight excluding hydrogens is 426 g/mol. The summed E-state index contributed by atoms with van der Waals surface area (Å²) < 4.78 is 16.3. The van der Waals surface area contributed by atoms with Gasteiger partial charge in [0.15, 0.2) is 17.3 Å². The van der Waals surface area contributed by atoms with Crippen LogP contribution < -0.4 is 19.1 Å². The zero-order valence-electron chi connectivity index (χ0n) is 18.7. The van der Waals surface area contributed by atoms with Crippen LogP contribution in [0, 0.1) is 0 Å². The Morgan fingerprint density at radius 3 is 2.30 bits per heavy atom. The summed E-state index contributed by atoms with van der Waals surface area (Å²) in [4.78, 5) is 39.5. The van der Waals surface area contributed by atoms with E-state index in [2.05, 4.69) is 0 Å². The molecule has 8 nitrogen and oxygen atoms in total. The van der Waals surface area contributed by atoms with Gasteiger partial charge in [-0.2, -0.15) is 0 Å². The molecule has 0 aromatic heterocycles. The second-order valence-electron chi connectivity index (χ2n) is 7.94. The van der Waals surface area contributed by atoms with Crippen LogP contribution >= 0.6 is 0 Å². The Morgan fingerprint density at radius 2 is 1.70 bits per heavy atom. The molecule has 1 N–H and O–H groups in total. The highest BCUT2D eigenvalue weighted by Crippen LogP contribution is 2.47. The van der Waals surface area contributed by atoms with Gasteiger partial charge >= 0.3 is 5.97 Å². The van der Waals surface area contributed by atoms with Crippen LogP contribution in [0.25, 0.3) is 0 Å². The molecular formula is C25H25NO7. The molecule has 0 saturated heterocycles. The van der Waals surface area contributed by atoms with E-state index in [0.717, 1.165) is 5.56 Å². The van der Waals surface area contributed by atoms with Gasteiger partial charge in [-0.05, 0) is 48.7 Å². The van der Waals surface area contributed by atoms with Gasteiger partial charge in [-0.1, -0.05) is 6.07 Å². The molecule has 1 unspecified atom stereocenters. The minimum Gasteiger partial charge on any atom is -0.493 e. The molecule has 1 amide bonds. The fraction of sp³-hybridized carbons (Fsp3) is 0.320. The number of amides is 1. The number of ether oxygens (including phenoxy) is 3. The molecule has 0 spiro atoms. The van der Waals surface area contributed by atoms with E-state index < -0.39 is 11.9 Å². The maximum Gasteiger partial charge on any atom is 0.335 e. The summed E-state index contributed by atoms with van der Waals surface area (Å²) in [5, 5.41) is 9.38. The number of carboxylic acids is 1. The number of nitrogens with zero attached hydrogens (tertiary/aromatic N) is 1. The van der Waals surface area contributed by atoms with Gasteiger partial charge in [-0.3, -0.25) is 14.5 Å². The second kappa shape index (κ2) is 8.97. The number of hydrogen-bond donors (Lipinski definition) is 1. The van der Waals surface area contributed by atoms with Crippen molar-refractivity contribution in [1.29, 1.82) is 0 Å². The summed E-state index contributed by atoms with van der Waals surface area (Å²) in [6.45, 7) is 0. The first-order valence-corrected chi connectivity index (χ1v) is 10.6. The third-order valence-electron chi connectivity index (χ3n) is 6.12. The number of hydrogen-bond acceptors (Lipinski definition) is 6. The molecule has 4 rings (SSSR count). The van der Waals surface area contributed by atoms with E-state index in [0.29, 0.717) is 53.5 Å². The smallest absolute Gasteiger partial charge is 0.335 e. The van der Waals surface area contributed by atoms with Crippen molar-refractivity contribution in [3.05, 3.63) is 58.8 Å². The molecule has 1 aliphatic carbocycles. The Bertz CT molecular complexity index is 1140. The van der Waals surface area contributed by atoms with Crippen LogP contribution in [-0.4, -0.2) is 44.1 Å². The molecule has 0 radical (unpaired) electrons. The molecule has 2 aliphatic rings. The molecule has 33 heavy (non-hydrogen) atoms. The predicted octanol–water partition coefficient (Wildman–Crippen LogP) is 3.94. The van der Waals surface area contributed by atoms with Crippen LogP contribution in [0.4, 0.5) is 5.69 Å². The lowest BCUT2D eigenvalue weighted by Gasteiger charge is -2.38. The molecule has 0 bridgehead atoms. The van der Waals surface area contributed by atoms with Crippen molar-refractivity contribution < 1.29 is 33.7 Å². The highest BCUT2D eigenvalue weighted by Gasteiger charge is 2.40. The van der Waals surface area contributed by atoms with Crippen molar-refractivity contribution in [2.75, 3.05) is 26.2 Å². The number of anilines is 1. The van der Waals surface area contributed by atoms with Gasteiger partial charge in [0, 0.05) is 35.7 Å². The van der Waals surface area contributed by atoms with Gasteiger partial charge in [0.05, 0.1) is 26.9 Å². The zero-order chi connectivity index (χ0) is 23.7. The Balaban J connectivity index is 1.88. The summed E-state index contributed by atoms with van der Waals surface area (Å²) in [6.07, 6.45) is 1.63. The highest BCUT2D eigenvalue weighted by atomic mass is 16.5. The number of aromatic carboxylic acids is 1. The van der Waals surface area contributed by atoms with Gasteiger partial charge in [0.2, 0.25) is 11.7 Å². The van der Waals surface area contributed by atoms with E-state index in [1.807, 2.05) is 0 Å². The Labute approximate surface area is 191 Å². The Kier molecular flexibility index (Phi) is 6.09. The first kappa shape index (κ1) is 22.4. The summed E-state index contributed by atoms with van der Waals surface area (Å²) in [6, 6.07) is 9.76. The fourth-order valence-electron chi connectivity index (χ4n) is 4.66. The third-order valence-corrected chi connectivity index (χ3v) is 6.12. The second-order valence-corrected chi connectivity index (χ2v) is 7.94. The molecule has 172 valence electrons. The van der Waals surface area contributed by atoms with Crippen LogP contribution in [0.1, 0.15) is 47.5 Å². The van der Waals surface area contributed by atoms with Crippen LogP contribution in [-0.2, 0) is 9.59 Å². The van der Waals surface area contributed by atoms with Crippen molar-refractivity contribution >= 4 is 23.3 Å². The average Bonchev–Trinajstić information content (AvgIpc) is 2.82. The van der Waals surface area contributed by atoms with Crippen LogP contribution in [0.15, 0.2) is 47.7 Å². The van der Waals surface area contributed by atoms with E-state index in [-0.39, 0.29) is 23.7 Å². The zero-order valence-corrected chi connectivity index (χ0v) is 18.7. The fourth-order valence-corrected chi connectivity index (χ4v) is 4.66. The first-order chi connectivity index (χ1) is 15.9. The third kappa shape index (κ3) is 3.92. The maximum absolute atomic E-state index is 13.4. The van der Waals surface area contributed by atoms with Gasteiger partial charge < -0.3 is 19.3 Å². The van der Waals surface area contributed by atoms with Crippen molar-refractivity contribution in [1.82, 2.24) is 0 Å². The molecule has 0 fully saturated rings. The molecule has 2 aromatic rings. The number of Topliss-reactive ketones (excluding diaryl/α,β-unsaturated/α-hetero) is 1. The molecule has 0 saturated carbocycles. The average molecular weight is 451 g/mol. The van der Waals surface area contributed by atoms with Gasteiger partial charge in [0.25, 0.3) is 0 Å². The number of carboxylic acid groups (broad SMARTS) is 1. The number of benzene rings is 2. The van der Waals surface area contributed by atoms with Crippen molar-refractivity contribution in [2.24, 2.45) is 0 Å². The van der Waals surface area contributed by atoms with E-state index >= 15 is 0 Å². The molecule has 2 aromatic carbocycles. The van der Waals surface area contributed by atoms with Crippen molar-refractivity contribution in [3.63, 3.8) is 0 Å².